The predicted octanol–water partition coefficient (Wildman–Crippen LogP) is -0.299. The second kappa shape index (κ2) is 6.69. The second-order valence-electron chi connectivity index (χ2n) is 5.16. The van der Waals surface area contributed by atoms with Crippen LogP contribution >= 0.6 is 0 Å². The Morgan fingerprint density at radius 1 is 1.25 bits per heavy atom. The van der Waals surface area contributed by atoms with E-state index in [-0.39, 0.29) is 31.5 Å². The van der Waals surface area contributed by atoms with Gasteiger partial charge in [-0.15, -0.1) is 0 Å². The average molecular weight is 284 g/mol. The van der Waals surface area contributed by atoms with Gasteiger partial charge in [-0.3, -0.25) is 9.59 Å². The van der Waals surface area contributed by atoms with Crippen LogP contribution in [-0.2, 0) is 19.1 Å². The lowest BCUT2D eigenvalue weighted by Crippen LogP contribution is -2.51. The summed E-state index contributed by atoms with van der Waals surface area (Å²) < 4.78 is 5.08. The van der Waals surface area contributed by atoms with Gasteiger partial charge in [0.25, 0.3) is 0 Å². The molecule has 2 amide bonds. The van der Waals surface area contributed by atoms with Crippen molar-refractivity contribution in [1.29, 1.82) is 0 Å². The van der Waals surface area contributed by atoms with Gasteiger partial charge in [0.05, 0.1) is 19.7 Å². The van der Waals surface area contributed by atoms with Crippen LogP contribution in [0.2, 0.25) is 0 Å². The smallest absolute Gasteiger partial charge is 0.334 e. The minimum absolute atomic E-state index is 0.0129. The zero-order valence-corrected chi connectivity index (χ0v) is 11.4. The number of likely N-dealkylation sites (tertiary alicyclic amines) is 1. The van der Waals surface area contributed by atoms with E-state index in [9.17, 15) is 14.4 Å². The summed E-state index contributed by atoms with van der Waals surface area (Å²) in [5.74, 6) is -1.25. The first-order valence-corrected chi connectivity index (χ1v) is 6.98. The van der Waals surface area contributed by atoms with Crippen LogP contribution in [0.25, 0.3) is 0 Å². The van der Waals surface area contributed by atoms with E-state index in [2.05, 4.69) is 0 Å². The fourth-order valence-electron chi connectivity index (χ4n) is 2.49. The number of amides is 2. The highest BCUT2D eigenvalue weighted by Gasteiger charge is 2.30. The second-order valence-corrected chi connectivity index (χ2v) is 5.16. The number of rotatable bonds is 3. The van der Waals surface area contributed by atoms with Crippen molar-refractivity contribution >= 4 is 17.8 Å². The molecule has 2 rings (SSSR count). The molecule has 2 aliphatic rings. The Morgan fingerprint density at radius 3 is 2.80 bits per heavy atom. The lowest BCUT2D eigenvalue weighted by molar-refractivity contribution is -0.160. The standard InChI is InChI=1S/C13H20N2O5/c16-11-4-2-1-3-5-14(11)9-12(17)15-6-7-20-10(8-15)13(18)19/h10H,1-9H2,(H,18,19). The summed E-state index contributed by atoms with van der Waals surface area (Å²) in [5.41, 5.74) is 0. The number of aliphatic carboxylic acids is 1. The Bertz CT molecular complexity index is 398. The Balaban J connectivity index is 1.90. The van der Waals surface area contributed by atoms with Gasteiger partial charge in [0.15, 0.2) is 6.10 Å². The van der Waals surface area contributed by atoms with Gasteiger partial charge in [0.1, 0.15) is 0 Å². The minimum Gasteiger partial charge on any atom is -0.479 e. The summed E-state index contributed by atoms with van der Waals surface area (Å²) in [6, 6.07) is 0. The van der Waals surface area contributed by atoms with Crippen LogP contribution in [0.4, 0.5) is 0 Å². The Hall–Kier alpha value is -1.63. The molecule has 0 aromatic carbocycles. The molecular weight excluding hydrogens is 264 g/mol. The number of ether oxygens (including phenoxy) is 1. The van der Waals surface area contributed by atoms with Crippen LogP contribution < -0.4 is 0 Å². The largest absolute Gasteiger partial charge is 0.479 e. The molecule has 2 aliphatic heterocycles. The van der Waals surface area contributed by atoms with E-state index in [1.165, 1.54) is 4.90 Å². The molecule has 7 heteroatoms. The van der Waals surface area contributed by atoms with Gasteiger partial charge in [-0.25, -0.2) is 4.79 Å². The topological polar surface area (TPSA) is 87.2 Å². The number of carboxylic acids is 1. The maximum Gasteiger partial charge on any atom is 0.334 e. The summed E-state index contributed by atoms with van der Waals surface area (Å²) >= 11 is 0. The van der Waals surface area contributed by atoms with E-state index < -0.39 is 12.1 Å². The highest BCUT2D eigenvalue weighted by Crippen LogP contribution is 2.12. The molecular formula is C13H20N2O5. The summed E-state index contributed by atoms with van der Waals surface area (Å²) in [4.78, 5) is 38.0. The zero-order chi connectivity index (χ0) is 14.5. The summed E-state index contributed by atoms with van der Waals surface area (Å²) in [5, 5.41) is 8.91. The van der Waals surface area contributed by atoms with Crippen molar-refractivity contribution in [3.05, 3.63) is 0 Å². The van der Waals surface area contributed by atoms with Crippen molar-refractivity contribution in [3.8, 4) is 0 Å². The third kappa shape index (κ3) is 3.69. The lowest BCUT2D eigenvalue weighted by Gasteiger charge is -2.32. The minimum atomic E-state index is -1.06. The molecule has 2 saturated heterocycles. The van der Waals surface area contributed by atoms with Crippen LogP contribution in [0.1, 0.15) is 25.7 Å². The van der Waals surface area contributed by atoms with Gasteiger partial charge in [-0.05, 0) is 12.8 Å². The van der Waals surface area contributed by atoms with Crippen LogP contribution in [0.3, 0.4) is 0 Å². The number of carbonyl (C=O) groups excluding carboxylic acids is 2. The van der Waals surface area contributed by atoms with Crippen molar-refractivity contribution in [3.63, 3.8) is 0 Å². The molecule has 0 spiro atoms. The Kier molecular flexibility index (Phi) is 4.94. The molecule has 1 unspecified atom stereocenters. The van der Waals surface area contributed by atoms with Gasteiger partial charge in [-0.1, -0.05) is 6.42 Å². The molecule has 2 heterocycles. The molecule has 2 fully saturated rings. The van der Waals surface area contributed by atoms with E-state index in [0.717, 1.165) is 19.3 Å². The van der Waals surface area contributed by atoms with Gasteiger partial charge < -0.3 is 19.6 Å². The first-order chi connectivity index (χ1) is 9.58. The Morgan fingerprint density at radius 2 is 2.05 bits per heavy atom. The predicted molar refractivity (Wildman–Crippen MR) is 69.0 cm³/mol. The number of carboxylic acid groups (broad SMARTS) is 1. The summed E-state index contributed by atoms with van der Waals surface area (Å²) in [6.45, 7) is 1.31. The molecule has 1 atom stereocenters. The van der Waals surface area contributed by atoms with E-state index in [4.69, 9.17) is 9.84 Å². The number of nitrogens with zero attached hydrogens (tertiary/aromatic N) is 2. The summed E-state index contributed by atoms with van der Waals surface area (Å²) in [7, 11) is 0. The first kappa shape index (κ1) is 14.8. The zero-order valence-electron chi connectivity index (χ0n) is 11.4. The molecule has 0 saturated carbocycles. The number of hydrogen-bond acceptors (Lipinski definition) is 4. The maximum atomic E-state index is 12.2. The van der Waals surface area contributed by atoms with E-state index >= 15 is 0 Å². The third-order valence-electron chi connectivity index (χ3n) is 3.69. The normalized spacial score (nSPS) is 24.4. The SMILES string of the molecule is O=C(O)C1CN(C(=O)CN2CCCCCC2=O)CCO1. The molecule has 0 aromatic rings. The van der Waals surface area contributed by atoms with Crippen molar-refractivity contribution < 1.29 is 24.2 Å². The maximum absolute atomic E-state index is 12.2. The van der Waals surface area contributed by atoms with E-state index in [0.29, 0.717) is 19.5 Å². The van der Waals surface area contributed by atoms with Crippen molar-refractivity contribution in [2.45, 2.75) is 31.8 Å². The highest BCUT2D eigenvalue weighted by molar-refractivity contribution is 5.85. The summed E-state index contributed by atoms with van der Waals surface area (Å²) in [6.07, 6.45) is 2.33. The van der Waals surface area contributed by atoms with Crippen molar-refractivity contribution in [1.82, 2.24) is 9.80 Å². The van der Waals surface area contributed by atoms with E-state index in [1.54, 1.807) is 4.90 Å². The van der Waals surface area contributed by atoms with Crippen LogP contribution in [0, 0.1) is 0 Å². The van der Waals surface area contributed by atoms with Gasteiger partial charge in [0, 0.05) is 19.5 Å². The molecule has 0 aliphatic carbocycles. The Labute approximate surface area is 117 Å². The quantitative estimate of drug-likeness (QED) is 0.769. The molecule has 0 bridgehead atoms. The number of carbonyl (C=O) groups is 3. The van der Waals surface area contributed by atoms with Crippen molar-refractivity contribution in [2.24, 2.45) is 0 Å². The van der Waals surface area contributed by atoms with Crippen LogP contribution in [0.15, 0.2) is 0 Å². The number of hydrogen-bond donors (Lipinski definition) is 1. The number of morpholine rings is 1. The fourth-order valence-corrected chi connectivity index (χ4v) is 2.49. The first-order valence-electron chi connectivity index (χ1n) is 6.98. The third-order valence-corrected chi connectivity index (χ3v) is 3.69. The molecule has 7 nitrogen and oxygen atoms in total. The van der Waals surface area contributed by atoms with Crippen LogP contribution in [0.5, 0.6) is 0 Å². The molecule has 0 aromatic heterocycles. The molecule has 112 valence electrons. The van der Waals surface area contributed by atoms with Crippen molar-refractivity contribution in [2.75, 3.05) is 32.8 Å². The highest BCUT2D eigenvalue weighted by atomic mass is 16.5. The van der Waals surface area contributed by atoms with Gasteiger partial charge in [-0.2, -0.15) is 0 Å². The molecule has 0 radical (unpaired) electrons. The van der Waals surface area contributed by atoms with Gasteiger partial charge in [0.2, 0.25) is 11.8 Å². The fraction of sp³-hybridized carbons (Fsp3) is 0.769. The van der Waals surface area contributed by atoms with Gasteiger partial charge >= 0.3 is 5.97 Å². The lowest BCUT2D eigenvalue weighted by atomic mass is 10.2. The van der Waals surface area contributed by atoms with Crippen LogP contribution in [-0.4, -0.2) is 71.6 Å². The molecule has 20 heavy (non-hydrogen) atoms. The molecule has 1 N–H and O–H groups in total. The average Bonchev–Trinajstić information content (AvgIpc) is 2.64. The van der Waals surface area contributed by atoms with E-state index in [1.807, 2.05) is 0 Å². The monoisotopic (exact) mass is 284 g/mol.